The molecule has 0 aliphatic rings. The van der Waals surface area contributed by atoms with E-state index in [4.69, 9.17) is 0 Å². The van der Waals surface area contributed by atoms with E-state index in [0.717, 1.165) is 5.56 Å². The summed E-state index contributed by atoms with van der Waals surface area (Å²) in [5, 5.41) is 0. The summed E-state index contributed by atoms with van der Waals surface area (Å²) in [5.41, 5.74) is 2.15. The molecule has 0 aliphatic carbocycles. The van der Waals surface area contributed by atoms with Gasteiger partial charge in [0.1, 0.15) is 0 Å². The Hall–Kier alpha value is -1.44. The maximum atomic E-state index is 11.1. The molecule has 1 rings (SSSR count). The van der Waals surface area contributed by atoms with Gasteiger partial charge in [-0.3, -0.25) is 9.59 Å². The summed E-state index contributed by atoms with van der Waals surface area (Å²) in [6.45, 7) is 8.87. The van der Waals surface area contributed by atoms with Crippen LogP contribution in [0, 0.1) is 6.92 Å². The highest BCUT2D eigenvalue weighted by atomic mass is 16.1. The van der Waals surface area contributed by atoms with Gasteiger partial charge in [0.25, 0.3) is 0 Å². The van der Waals surface area contributed by atoms with Gasteiger partial charge in [0, 0.05) is 11.1 Å². The molecule has 2 heteroatoms. The van der Waals surface area contributed by atoms with E-state index in [-0.39, 0.29) is 11.6 Å². The molecule has 0 amide bonds. The van der Waals surface area contributed by atoms with Crippen LogP contribution in [0.1, 0.15) is 54.0 Å². The zero-order chi connectivity index (χ0) is 12.0. The molecular weight excluding hydrogens is 188 g/mol. The van der Waals surface area contributed by atoms with E-state index in [0.29, 0.717) is 11.1 Å². The first-order valence-corrected chi connectivity index (χ1v) is 5.14. The number of carbonyl (C=O) groups excluding carboxylic acids is 2. The van der Waals surface area contributed by atoms with Crippen LogP contribution in [-0.2, 0) is 0 Å². The zero-order valence-electron chi connectivity index (χ0n) is 10.0. The van der Waals surface area contributed by atoms with E-state index in [1.165, 1.54) is 13.8 Å². The first-order chi connectivity index (χ1) is 7.00. The van der Waals surface area contributed by atoms with Gasteiger partial charge in [0.2, 0.25) is 0 Å². The molecule has 0 bridgehead atoms. The van der Waals surface area contributed by atoms with Gasteiger partial charge in [-0.05, 0) is 44.5 Å². The Kier molecular flexibility index (Phi) is 5.53. The zero-order valence-corrected chi connectivity index (χ0v) is 10.0. The lowest BCUT2D eigenvalue weighted by Crippen LogP contribution is -1.99. The lowest BCUT2D eigenvalue weighted by molar-refractivity contribution is 0.101. The minimum absolute atomic E-state index is 0.00815. The summed E-state index contributed by atoms with van der Waals surface area (Å²) in [6, 6.07) is 5.21. The van der Waals surface area contributed by atoms with Crippen LogP contribution in [-0.4, -0.2) is 11.6 Å². The summed E-state index contributed by atoms with van der Waals surface area (Å²) in [4.78, 5) is 22.1. The minimum Gasteiger partial charge on any atom is -0.295 e. The fourth-order valence-electron chi connectivity index (χ4n) is 1.19. The van der Waals surface area contributed by atoms with Gasteiger partial charge in [-0.2, -0.15) is 0 Å². The van der Waals surface area contributed by atoms with Crippen molar-refractivity contribution in [2.24, 2.45) is 0 Å². The van der Waals surface area contributed by atoms with Crippen LogP contribution in [0.4, 0.5) is 0 Å². The second kappa shape index (κ2) is 6.12. The van der Waals surface area contributed by atoms with Crippen molar-refractivity contribution < 1.29 is 9.59 Å². The van der Waals surface area contributed by atoms with Gasteiger partial charge < -0.3 is 0 Å². The third-order valence-electron chi connectivity index (χ3n) is 1.89. The van der Waals surface area contributed by atoms with Gasteiger partial charge in [-0.25, -0.2) is 0 Å². The van der Waals surface area contributed by atoms with Crippen molar-refractivity contribution in [2.75, 3.05) is 0 Å². The Labute approximate surface area is 91.3 Å². The van der Waals surface area contributed by atoms with E-state index in [1.807, 2.05) is 20.8 Å². The first-order valence-electron chi connectivity index (χ1n) is 5.14. The largest absolute Gasteiger partial charge is 0.295 e. The summed E-state index contributed by atoms with van der Waals surface area (Å²) >= 11 is 0. The van der Waals surface area contributed by atoms with Gasteiger partial charge in [0.15, 0.2) is 11.6 Å². The molecule has 15 heavy (non-hydrogen) atoms. The van der Waals surface area contributed by atoms with Crippen molar-refractivity contribution in [3.05, 3.63) is 34.9 Å². The van der Waals surface area contributed by atoms with Gasteiger partial charge in [0.05, 0.1) is 0 Å². The molecule has 0 atom stereocenters. The first kappa shape index (κ1) is 13.6. The van der Waals surface area contributed by atoms with E-state index in [9.17, 15) is 9.59 Å². The van der Waals surface area contributed by atoms with Crippen molar-refractivity contribution >= 4 is 11.6 Å². The number of carbonyl (C=O) groups is 2. The molecule has 0 unspecified atom stereocenters. The third kappa shape index (κ3) is 4.07. The molecule has 0 spiro atoms. The molecule has 0 radical (unpaired) electrons. The fraction of sp³-hybridized carbons (Fsp3) is 0.385. The number of benzene rings is 1. The average Bonchev–Trinajstić information content (AvgIpc) is 2.19. The molecule has 0 saturated heterocycles. The summed E-state index contributed by atoms with van der Waals surface area (Å²) < 4.78 is 0. The van der Waals surface area contributed by atoms with Crippen LogP contribution in [0.2, 0.25) is 0 Å². The Balaban J connectivity index is 0.000000921. The second-order valence-corrected chi connectivity index (χ2v) is 3.20. The molecule has 1 aromatic carbocycles. The van der Waals surface area contributed by atoms with Crippen LogP contribution < -0.4 is 0 Å². The van der Waals surface area contributed by atoms with E-state index in [2.05, 4.69) is 0 Å². The number of aryl methyl sites for hydroxylation is 1. The molecule has 1 aromatic rings. The summed E-state index contributed by atoms with van der Waals surface area (Å²) in [6.07, 6.45) is 0. The molecule has 0 saturated carbocycles. The number of hydrogen-bond acceptors (Lipinski definition) is 2. The SMILES string of the molecule is CC.CC(=O)c1cc(C)cc(C(C)=O)c1. The highest BCUT2D eigenvalue weighted by Gasteiger charge is 2.05. The summed E-state index contributed by atoms with van der Waals surface area (Å²) in [5.74, 6) is -0.0163. The topological polar surface area (TPSA) is 34.1 Å². The number of hydrogen-bond donors (Lipinski definition) is 0. The Morgan fingerprint density at radius 3 is 1.47 bits per heavy atom. The molecule has 82 valence electrons. The van der Waals surface area contributed by atoms with Crippen molar-refractivity contribution in [2.45, 2.75) is 34.6 Å². The van der Waals surface area contributed by atoms with Gasteiger partial charge in [-0.15, -0.1) is 0 Å². The van der Waals surface area contributed by atoms with Crippen molar-refractivity contribution in [3.63, 3.8) is 0 Å². The van der Waals surface area contributed by atoms with Gasteiger partial charge >= 0.3 is 0 Å². The number of Topliss-reactive ketones (excluding diaryl/α,β-unsaturated/α-hetero) is 2. The van der Waals surface area contributed by atoms with E-state index < -0.39 is 0 Å². The Bertz CT molecular complexity index is 333. The molecule has 0 aliphatic heterocycles. The Morgan fingerprint density at radius 1 is 0.867 bits per heavy atom. The predicted molar refractivity (Wildman–Crippen MR) is 62.5 cm³/mol. The number of rotatable bonds is 2. The normalized spacial score (nSPS) is 8.87. The standard InChI is InChI=1S/C11H12O2.C2H6/c1-7-4-10(8(2)12)6-11(5-7)9(3)13;1-2/h4-6H,1-3H3;1-2H3. The quantitative estimate of drug-likeness (QED) is 0.695. The minimum atomic E-state index is -0.00815. The van der Waals surface area contributed by atoms with Gasteiger partial charge in [-0.1, -0.05) is 13.8 Å². The van der Waals surface area contributed by atoms with Crippen molar-refractivity contribution in [1.29, 1.82) is 0 Å². The lowest BCUT2D eigenvalue weighted by Gasteiger charge is -2.01. The van der Waals surface area contributed by atoms with E-state index >= 15 is 0 Å². The molecule has 0 aromatic heterocycles. The van der Waals surface area contributed by atoms with Crippen LogP contribution >= 0.6 is 0 Å². The highest BCUT2D eigenvalue weighted by molar-refractivity contribution is 5.99. The smallest absolute Gasteiger partial charge is 0.159 e. The fourth-order valence-corrected chi connectivity index (χ4v) is 1.19. The van der Waals surface area contributed by atoms with Crippen LogP contribution in [0.3, 0.4) is 0 Å². The van der Waals surface area contributed by atoms with Crippen LogP contribution in [0.25, 0.3) is 0 Å². The maximum Gasteiger partial charge on any atom is 0.159 e. The van der Waals surface area contributed by atoms with Crippen molar-refractivity contribution in [1.82, 2.24) is 0 Å². The molecule has 2 nitrogen and oxygen atoms in total. The lowest BCUT2D eigenvalue weighted by atomic mass is 10.0. The number of ketones is 2. The van der Waals surface area contributed by atoms with Crippen LogP contribution in [0.5, 0.6) is 0 Å². The van der Waals surface area contributed by atoms with Crippen LogP contribution in [0.15, 0.2) is 18.2 Å². The second-order valence-electron chi connectivity index (χ2n) is 3.20. The summed E-state index contributed by atoms with van der Waals surface area (Å²) in [7, 11) is 0. The molecule has 0 fully saturated rings. The van der Waals surface area contributed by atoms with Crippen molar-refractivity contribution in [3.8, 4) is 0 Å². The monoisotopic (exact) mass is 206 g/mol. The maximum absolute atomic E-state index is 11.1. The predicted octanol–water partition coefficient (Wildman–Crippen LogP) is 3.43. The third-order valence-corrected chi connectivity index (χ3v) is 1.89. The molecule has 0 heterocycles. The molecular formula is C13H18O2. The van der Waals surface area contributed by atoms with E-state index in [1.54, 1.807) is 18.2 Å². The highest BCUT2D eigenvalue weighted by Crippen LogP contribution is 2.10. The average molecular weight is 206 g/mol. The Morgan fingerprint density at radius 2 is 1.20 bits per heavy atom. The molecule has 0 N–H and O–H groups in total.